The molecule has 1 atom stereocenters. The normalized spacial score (nSPS) is 14.8. The summed E-state index contributed by atoms with van der Waals surface area (Å²) in [5, 5.41) is 13.1. The average molecular weight is 408 g/mol. The van der Waals surface area contributed by atoms with E-state index in [9.17, 15) is 10.1 Å². The first-order valence-corrected chi connectivity index (χ1v) is 11.4. The molecular formula is C24H29N3OS. The van der Waals surface area contributed by atoms with Gasteiger partial charge in [0.2, 0.25) is 5.91 Å². The van der Waals surface area contributed by atoms with E-state index < -0.39 is 0 Å². The van der Waals surface area contributed by atoms with E-state index in [1.165, 1.54) is 35.7 Å². The van der Waals surface area contributed by atoms with Gasteiger partial charge in [-0.25, -0.2) is 4.98 Å². The summed E-state index contributed by atoms with van der Waals surface area (Å²) in [6.45, 7) is 6.04. The maximum absolute atomic E-state index is 12.9. The van der Waals surface area contributed by atoms with E-state index in [1.807, 2.05) is 39.0 Å². The van der Waals surface area contributed by atoms with Crippen LogP contribution in [-0.4, -0.2) is 16.1 Å². The first-order valence-electron chi connectivity index (χ1n) is 10.5. The summed E-state index contributed by atoms with van der Waals surface area (Å²) in [5.41, 5.74) is 5.97. The van der Waals surface area contributed by atoms with E-state index in [0.29, 0.717) is 17.0 Å². The molecule has 1 amide bonds. The summed E-state index contributed by atoms with van der Waals surface area (Å²) < 4.78 is 0. The largest absolute Gasteiger partial charge is 0.325 e. The number of thioether (sulfide) groups is 1. The number of aryl methyl sites for hydroxylation is 4. The molecule has 2 aromatic rings. The van der Waals surface area contributed by atoms with Gasteiger partial charge in [0.15, 0.2) is 0 Å². The Bertz CT molecular complexity index is 932. The summed E-state index contributed by atoms with van der Waals surface area (Å²) in [4.78, 5) is 17.8. The molecule has 1 unspecified atom stereocenters. The topological polar surface area (TPSA) is 65.8 Å². The molecule has 3 rings (SSSR count). The maximum atomic E-state index is 12.9. The van der Waals surface area contributed by atoms with Crippen molar-refractivity contribution in [2.24, 2.45) is 0 Å². The predicted molar refractivity (Wildman–Crippen MR) is 119 cm³/mol. The van der Waals surface area contributed by atoms with Crippen molar-refractivity contribution in [3.63, 3.8) is 0 Å². The van der Waals surface area contributed by atoms with Crippen LogP contribution in [0.2, 0.25) is 0 Å². The number of nitrogens with one attached hydrogen (secondary N) is 1. The van der Waals surface area contributed by atoms with Crippen LogP contribution in [0, 0.1) is 25.2 Å². The van der Waals surface area contributed by atoms with Crippen LogP contribution in [0.25, 0.3) is 0 Å². The van der Waals surface area contributed by atoms with Gasteiger partial charge in [0.25, 0.3) is 0 Å². The highest BCUT2D eigenvalue weighted by atomic mass is 32.2. The van der Waals surface area contributed by atoms with Crippen LogP contribution in [-0.2, 0) is 17.6 Å². The Balaban J connectivity index is 1.81. The highest BCUT2D eigenvalue weighted by molar-refractivity contribution is 8.00. The molecule has 0 aliphatic heterocycles. The molecule has 152 valence electrons. The molecule has 1 aromatic heterocycles. The standard InChI is InChI=1S/C24H29N3OS/c1-4-22(23(28)26-20-12-11-16(2)13-17(20)3)29-24-19(15-25)14-18-9-7-5-6-8-10-21(18)27-24/h11-14,22H,4-10H2,1-3H3,(H,26,28). The van der Waals surface area contributed by atoms with Gasteiger partial charge in [-0.3, -0.25) is 4.79 Å². The third kappa shape index (κ3) is 5.39. The van der Waals surface area contributed by atoms with Crippen molar-refractivity contribution >= 4 is 23.4 Å². The molecule has 1 heterocycles. The zero-order valence-electron chi connectivity index (χ0n) is 17.5. The number of nitrogens with zero attached hydrogens (tertiary/aromatic N) is 2. The highest BCUT2D eigenvalue weighted by Gasteiger charge is 2.22. The lowest BCUT2D eigenvalue weighted by Crippen LogP contribution is -2.25. The molecule has 0 spiro atoms. The number of carbonyl (C=O) groups excluding carboxylic acids is 1. The number of hydrogen-bond donors (Lipinski definition) is 1. The second-order valence-electron chi connectivity index (χ2n) is 7.80. The van der Waals surface area contributed by atoms with Crippen LogP contribution in [0.5, 0.6) is 0 Å². The van der Waals surface area contributed by atoms with E-state index in [-0.39, 0.29) is 11.2 Å². The predicted octanol–water partition coefficient (Wildman–Crippen LogP) is 5.74. The first-order chi connectivity index (χ1) is 14.0. The van der Waals surface area contributed by atoms with Crippen molar-refractivity contribution in [3.05, 3.63) is 52.2 Å². The first kappa shape index (κ1) is 21.4. The Morgan fingerprint density at radius 3 is 2.66 bits per heavy atom. The Hall–Kier alpha value is -2.32. The number of anilines is 1. The average Bonchev–Trinajstić information content (AvgIpc) is 2.68. The van der Waals surface area contributed by atoms with Gasteiger partial charge in [-0.05, 0) is 69.2 Å². The third-order valence-corrected chi connectivity index (χ3v) is 6.81. The number of benzene rings is 1. The lowest BCUT2D eigenvalue weighted by atomic mass is 9.96. The Labute approximate surface area is 178 Å². The van der Waals surface area contributed by atoms with Crippen molar-refractivity contribution in [1.82, 2.24) is 4.98 Å². The summed E-state index contributed by atoms with van der Waals surface area (Å²) in [6.07, 6.45) is 7.40. The van der Waals surface area contributed by atoms with Crippen molar-refractivity contribution in [2.45, 2.75) is 76.0 Å². The molecule has 0 fully saturated rings. The van der Waals surface area contributed by atoms with Gasteiger partial charge in [-0.15, -0.1) is 0 Å². The zero-order valence-corrected chi connectivity index (χ0v) is 18.4. The second-order valence-corrected chi connectivity index (χ2v) is 8.99. The lowest BCUT2D eigenvalue weighted by Gasteiger charge is -2.19. The Morgan fingerprint density at radius 2 is 1.97 bits per heavy atom. The Kier molecular flexibility index (Phi) is 7.33. The maximum Gasteiger partial charge on any atom is 0.237 e. The van der Waals surface area contributed by atoms with E-state index in [2.05, 4.69) is 17.5 Å². The number of pyridine rings is 1. The quantitative estimate of drug-likeness (QED) is 0.642. The van der Waals surface area contributed by atoms with Gasteiger partial charge >= 0.3 is 0 Å². The Morgan fingerprint density at radius 1 is 1.21 bits per heavy atom. The van der Waals surface area contributed by atoms with Crippen LogP contribution in [0.4, 0.5) is 5.69 Å². The molecule has 1 aliphatic carbocycles. The number of amides is 1. The van der Waals surface area contributed by atoms with E-state index in [1.54, 1.807) is 0 Å². The molecule has 0 saturated heterocycles. The minimum absolute atomic E-state index is 0.0399. The van der Waals surface area contributed by atoms with Crippen molar-refractivity contribution in [2.75, 3.05) is 5.32 Å². The fourth-order valence-corrected chi connectivity index (χ4v) is 4.76. The van der Waals surface area contributed by atoms with E-state index >= 15 is 0 Å². The van der Waals surface area contributed by atoms with Gasteiger partial charge < -0.3 is 5.32 Å². The molecule has 1 aromatic carbocycles. The fraction of sp³-hybridized carbons (Fsp3) is 0.458. The van der Waals surface area contributed by atoms with Crippen LogP contribution < -0.4 is 5.32 Å². The van der Waals surface area contributed by atoms with Gasteiger partial charge in [0.05, 0.1) is 10.8 Å². The summed E-state index contributed by atoms with van der Waals surface area (Å²) >= 11 is 1.42. The zero-order chi connectivity index (χ0) is 20.8. The van der Waals surface area contributed by atoms with Gasteiger partial charge in [-0.1, -0.05) is 49.2 Å². The fourth-order valence-electron chi connectivity index (χ4n) is 3.76. The summed E-state index contributed by atoms with van der Waals surface area (Å²) in [7, 11) is 0. The van der Waals surface area contributed by atoms with Crippen molar-refractivity contribution < 1.29 is 4.79 Å². The summed E-state index contributed by atoms with van der Waals surface area (Å²) in [5.74, 6) is -0.0399. The number of carbonyl (C=O) groups is 1. The second kappa shape index (κ2) is 9.93. The molecule has 4 nitrogen and oxygen atoms in total. The molecule has 5 heteroatoms. The lowest BCUT2D eigenvalue weighted by molar-refractivity contribution is -0.115. The number of aromatic nitrogens is 1. The van der Waals surface area contributed by atoms with Crippen molar-refractivity contribution in [1.29, 1.82) is 5.26 Å². The van der Waals surface area contributed by atoms with Crippen LogP contribution in [0.15, 0.2) is 29.3 Å². The van der Waals surface area contributed by atoms with Gasteiger partial charge in [0.1, 0.15) is 11.1 Å². The van der Waals surface area contributed by atoms with Crippen LogP contribution >= 0.6 is 11.8 Å². The van der Waals surface area contributed by atoms with E-state index in [0.717, 1.165) is 42.6 Å². The highest BCUT2D eigenvalue weighted by Crippen LogP contribution is 2.31. The number of hydrogen-bond acceptors (Lipinski definition) is 4. The minimum atomic E-state index is -0.290. The molecule has 0 saturated carbocycles. The SMILES string of the molecule is CCC(Sc1nc2c(cc1C#N)CCCCCC2)C(=O)Nc1ccc(C)cc1C. The molecule has 0 bridgehead atoms. The number of fused-ring (bicyclic) bond motifs is 1. The molecule has 29 heavy (non-hydrogen) atoms. The van der Waals surface area contributed by atoms with Crippen molar-refractivity contribution in [3.8, 4) is 6.07 Å². The number of nitriles is 1. The smallest absolute Gasteiger partial charge is 0.237 e. The molecule has 1 aliphatic rings. The molecule has 1 N–H and O–H groups in total. The molecular weight excluding hydrogens is 378 g/mol. The third-order valence-electron chi connectivity index (χ3n) is 5.44. The molecule has 0 radical (unpaired) electrons. The monoisotopic (exact) mass is 407 g/mol. The van der Waals surface area contributed by atoms with Gasteiger partial charge in [-0.2, -0.15) is 5.26 Å². The van der Waals surface area contributed by atoms with Crippen LogP contribution in [0.3, 0.4) is 0 Å². The minimum Gasteiger partial charge on any atom is -0.325 e. The van der Waals surface area contributed by atoms with E-state index in [4.69, 9.17) is 4.98 Å². The van der Waals surface area contributed by atoms with Crippen LogP contribution in [0.1, 0.15) is 67.0 Å². The summed E-state index contributed by atoms with van der Waals surface area (Å²) in [6, 6.07) is 10.3. The van der Waals surface area contributed by atoms with Gasteiger partial charge in [0, 0.05) is 11.4 Å². The number of rotatable bonds is 5.